The Balaban J connectivity index is 2.17. The van der Waals surface area contributed by atoms with Crippen LogP contribution in [0.1, 0.15) is 11.3 Å². The lowest BCUT2D eigenvalue weighted by molar-refractivity contribution is 0.415. The van der Waals surface area contributed by atoms with E-state index in [1.807, 2.05) is 37.4 Å². The molecule has 0 spiro atoms. The molecule has 0 radical (unpaired) electrons. The molecule has 5 heteroatoms. The van der Waals surface area contributed by atoms with Crippen LogP contribution in [0.2, 0.25) is 0 Å². The Bertz CT molecular complexity index is 764. The lowest BCUT2D eigenvalue weighted by Gasteiger charge is -2.06. The van der Waals surface area contributed by atoms with Crippen LogP contribution in [0, 0.1) is 6.92 Å². The van der Waals surface area contributed by atoms with Crippen molar-refractivity contribution >= 4 is 11.0 Å². The number of methoxy groups -OCH3 is 1. The molecule has 5 nitrogen and oxygen atoms in total. The van der Waals surface area contributed by atoms with Crippen molar-refractivity contribution in [3.8, 4) is 17.1 Å². The van der Waals surface area contributed by atoms with Gasteiger partial charge >= 0.3 is 0 Å². The molecule has 0 aliphatic carbocycles. The maximum absolute atomic E-state index is 5.72. The third kappa shape index (κ3) is 2.02. The summed E-state index contributed by atoms with van der Waals surface area (Å²) in [7, 11) is 1.65. The predicted molar refractivity (Wildman–Crippen MR) is 78.5 cm³/mol. The molecule has 20 heavy (non-hydrogen) atoms. The number of nitrogens with two attached hydrogens (primary N) is 1. The lowest BCUT2D eigenvalue weighted by Crippen LogP contribution is -1.98. The van der Waals surface area contributed by atoms with E-state index in [0.717, 1.165) is 33.6 Å². The molecule has 0 unspecified atom stereocenters. The summed E-state index contributed by atoms with van der Waals surface area (Å²) < 4.78 is 5.24. The molecular formula is C15H16N4O. The molecule has 0 bridgehead atoms. The Labute approximate surface area is 116 Å². The maximum Gasteiger partial charge on any atom is 0.161 e. The molecule has 2 heterocycles. The minimum absolute atomic E-state index is 0.475. The second-order valence-corrected chi connectivity index (χ2v) is 4.61. The molecule has 3 aromatic rings. The number of nitrogens with zero attached hydrogens (tertiary/aromatic N) is 2. The zero-order chi connectivity index (χ0) is 14.1. The minimum atomic E-state index is 0.475. The van der Waals surface area contributed by atoms with Crippen molar-refractivity contribution in [2.45, 2.75) is 13.5 Å². The van der Waals surface area contributed by atoms with Crippen LogP contribution in [-0.4, -0.2) is 22.1 Å². The van der Waals surface area contributed by atoms with E-state index < -0.39 is 0 Å². The van der Waals surface area contributed by atoms with Gasteiger partial charge in [-0.05, 0) is 24.6 Å². The number of nitrogens with one attached hydrogen (secondary N) is 1. The molecule has 3 N–H and O–H groups in total. The molecule has 0 fully saturated rings. The van der Waals surface area contributed by atoms with Crippen molar-refractivity contribution in [2.24, 2.45) is 5.73 Å². The fourth-order valence-electron chi connectivity index (χ4n) is 2.34. The van der Waals surface area contributed by atoms with Crippen LogP contribution >= 0.6 is 0 Å². The molecule has 3 rings (SSSR count). The van der Waals surface area contributed by atoms with Crippen molar-refractivity contribution in [2.75, 3.05) is 7.11 Å². The summed E-state index contributed by atoms with van der Waals surface area (Å²) in [5.74, 6) is 1.47. The second-order valence-electron chi connectivity index (χ2n) is 4.61. The Morgan fingerprint density at radius 1 is 1.30 bits per heavy atom. The molecule has 0 amide bonds. The number of aryl methyl sites for hydroxylation is 1. The molecule has 0 atom stereocenters. The maximum atomic E-state index is 5.72. The van der Waals surface area contributed by atoms with Gasteiger partial charge in [-0.3, -0.25) is 0 Å². The Hall–Kier alpha value is -2.40. The molecular weight excluding hydrogens is 252 g/mol. The van der Waals surface area contributed by atoms with E-state index in [-0.39, 0.29) is 0 Å². The molecule has 102 valence electrons. The van der Waals surface area contributed by atoms with Crippen molar-refractivity contribution in [1.82, 2.24) is 15.0 Å². The third-order valence-corrected chi connectivity index (χ3v) is 3.34. The van der Waals surface area contributed by atoms with E-state index in [1.54, 1.807) is 7.11 Å². The number of aromatic nitrogens is 3. The standard InChI is InChI=1S/C15H16N4O/c1-9-13-11(7-16)8-17-15(13)19-14(18-9)10-4-3-5-12(6-10)20-2/h3-6,8H,7,16H2,1-2H3,(H,17,18,19). The van der Waals surface area contributed by atoms with Crippen molar-refractivity contribution in [3.05, 3.63) is 41.7 Å². The topological polar surface area (TPSA) is 76.8 Å². The monoisotopic (exact) mass is 268 g/mol. The van der Waals surface area contributed by atoms with Gasteiger partial charge in [0.2, 0.25) is 0 Å². The van der Waals surface area contributed by atoms with Crippen LogP contribution in [0.3, 0.4) is 0 Å². The van der Waals surface area contributed by atoms with Gasteiger partial charge in [0, 0.05) is 23.7 Å². The number of hydrogen-bond acceptors (Lipinski definition) is 4. The highest BCUT2D eigenvalue weighted by atomic mass is 16.5. The van der Waals surface area contributed by atoms with Crippen LogP contribution in [0.25, 0.3) is 22.4 Å². The first-order valence-electron chi connectivity index (χ1n) is 6.42. The average Bonchev–Trinajstić information content (AvgIpc) is 2.91. The Kier molecular flexibility index (Phi) is 3.12. The van der Waals surface area contributed by atoms with Gasteiger partial charge in [0.25, 0.3) is 0 Å². The first kappa shape index (κ1) is 12.6. The quantitative estimate of drug-likeness (QED) is 0.764. The summed E-state index contributed by atoms with van der Waals surface area (Å²) in [6, 6.07) is 7.72. The van der Waals surface area contributed by atoms with Gasteiger partial charge in [-0.15, -0.1) is 0 Å². The van der Waals surface area contributed by atoms with Gasteiger partial charge in [0.1, 0.15) is 11.4 Å². The minimum Gasteiger partial charge on any atom is -0.497 e. The van der Waals surface area contributed by atoms with Crippen LogP contribution in [-0.2, 0) is 6.54 Å². The number of aromatic amines is 1. The SMILES string of the molecule is COc1cccc(-c2nc(C)c3c(CN)c[nH]c3n2)c1. The van der Waals surface area contributed by atoms with E-state index in [4.69, 9.17) is 10.5 Å². The molecule has 0 aliphatic heterocycles. The van der Waals surface area contributed by atoms with Crippen molar-refractivity contribution < 1.29 is 4.74 Å². The molecule has 0 saturated heterocycles. The number of H-pyrrole nitrogens is 1. The highest BCUT2D eigenvalue weighted by molar-refractivity contribution is 5.83. The average molecular weight is 268 g/mol. The Morgan fingerprint density at radius 2 is 2.15 bits per heavy atom. The van der Waals surface area contributed by atoms with Gasteiger partial charge in [-0.25, -0.2) is 9.97 Å². The summed E-state index contributed by atoms with van der Waals surface area (Å²) >= 11 is 0. The van der Waals surface area contributed by atoms with Crippen molar-refractivity contribution in [1.29, 1.82) is 0 Å². The first-order valence-corrected chi connectivity index (χ1v) is 6.42. The smallest absolute Gasteiger partial charge is 0.161 e. The number of fused-ring (bicyclic) bond motifs is 1. The number of hydrogen-bond donors (Lipinski definition) is 2. The summed E-state index contributed by atoms with van der Waals surface area (Å²) in [5.41, 5.74) is 9.43. The van der Waals surface area contributed by atoms with Crippen molar-refractivity contribution in [3.63, 3.8) is 0 Å². The van der Waals surface area contributed by atoms with Crippen LogP contribution in [0.15, 0.2) is 30.5 Å². The second kappa shape index (κ2) is 4.94. The van der Waals surface area contributed by atoms with Gasteiger partial charge in [-0.1, -0.05) is 12.1 Å². The summed E-state index contributed by atoms with van der Waals surface area (Å²) in [5, 5.41) is 1.01. The highest BCUT2D eigenvalue weighted by Gasteiger charge is 2.11. The number of rotatable bonds is 3. The summed E-state index contributed by atoms with van der Waals surface area (Å²) in [4.78, 5) is 12.3. The Morgan fingerprint density at radius 3 is 2.90 bits per heavy atom. The third-order valence-electron chi connectivity index (χ3n) is 3.34. The molecule has 0 aliphatic rings. The van der Waals surface area contributed by atoms with E-state index in [1.165, 1.54) is 0 Å². The molecule has 0 saturated carbocycles. The lowest BCUT2D eigenvalue weighted by atomic mass is 10.1. The predicted octanol–water partition coefficient (Wildman–Crippen LogP) is 2.40. The van der Waals surface area contributed by atoms with Crippen LogP contribution in [0.4, 0.5) is 0 Å². The number of ether oxygens (including phenoxy) is 1. The van der Waals surface area contributed by atoms with E-state index in [0.29, 0.717) is 12.4 Å². The zero-order valence-electron chi connectivity index (χ0n) is 11.5. The summed E-state index contributed by atoms with van der Waals surface area (Å²) in [6.07, 6.45) is 1.89. The zero-order valence-corrected chi connectivity index (χ0v) is 11.5. The first-order chi connectivity index (χ1) is 9.72. The normalized spacial score (nSPS) is 10.9. The van der Waals surface area contributed by atoms with E-state index >= 15 is 0 Å². The van der Waals surface area contributed by atoms with Gasteiger partial charge in [0.15, 0.2) is 5.82 Å². The molecule has 2 aromatic heterocycles. The largest absolute Gasteiger partial charge is 0.497 e. The number of benzene rings is 1. The highest BCUT2D eigenvalue weighted by Crippen LogP contribution is 2.25. The fraction of sp³-hybridized carbons (Fsp3) is 0.200. The van der Waals surface area contributed by atoms with Gasteiger partial charge in [0.05, 0.1) is 12.8 Å². The fourth-order valence-corrected chi connectivity index (χ4v) is 2.34. The van der Waals surface area contributed by atoms with Gasteiger partial charge < -0.3 is 15.5 Å². The summed E-state index contributed by atoms with van der Waals surface area (Å²) in [6.45, 7) is 2.45. The van der Waals surface area contributed by atoms with Crippen LogP contribution < -0.4 is 10.5 Å². The molecule has 1 aromatic carbocycles. The van der Waals surface area contributed by atoms with E-state index in [2.05, 4.69) is 15.0 Å². The van der Waals surface area contributed by atoms with E-state index in [9.17, 15) is 0 Å². The van der Waals surface area contributed by atoms with Crippen LogP contribution in [0.5, 0.6) is 5.75 Å². The van der Waals surface area contributed by atoms with Gasteiger partial charge in [-0.2, -0.15) is 0 Å².